The van der Waals surface area contributed by atoms with E-state index in [1.54, 1.807) is 11.3 Å². The normalized spacial score (nSPS) is 12.8. The molecule has 4 heteroatoms. The minimum absolute atomic E-state index is 0.0426. The Morgan fingerprint density at radius 2 is 2.05 bits per heavy atom. The molecule has 0 bridgehead atoms. The fraction of sp³-hybridized carbons (Fsp3) is 0.188. The lowest BCUT2D eigenvalue weighted by Gasteiger charge is -2.09. The van der Waals surface area contributed by atoms with Crippen molar-refractivity contribution in [2.45, 2.75) is 19.4 Å². The molecule has 1 heterocycles. The van der Waals surface area contributed by atoms with E-state index in [1.807, 2.05) is 37.3 Å². The third-order valence-electron chi connectivity index (χ3n) is 3.25. The number of fused-ring (bicyclic) bond motifs is 1. The highest BCUT2D eigenvalue weighted by Crippen LogP contribution is 2.27. The molecule has 1 unspecified atom stereocenters. The van der Waals surface area contributed by atoms with E-state index in [-0.39, 0.29) is 6.04 Å². The van der Waals surface area contributed by atoms with Gasteiger partial charge in [0.1, 0.15) is 0 Å². The van der Waals surface area contributed by atoms with Gasteiger partial charge in [-0.05, 0) is 36.2 Å². The largest absolute Gasteiger partial charge is 0.324 e. The Morgan fingerprint density at radius 1 is 1.25 bits per heavy atom. The molecule has 1 aromatic heterocycles. The molecule has 0 fully saturated rings. The fourth-order valence-electron chi connectivity index (χ4n) is 2.22. The molecular formula is C16H15ClN2S. The Balaban J connectivity index is 1.89. The Morgan fingerprint density at radius 3 is 2.75 bits per heavy atom. The van der Waals surface area contributed by atoms with Crippen molar-refractivity contribution in [3.63, 3.8) is 0 Å². The summed E-state index contributed by atoms with van der Waals surface area (Å²) in [6, 6.07) is 14.2. The second-order valence-electron chi connectivity index (χ2n) is 4.90. The summed E-state index contributed by atoms with van der Waals surface area (Å²) in [5.74, 6) is 0. The van der Waals surface area contributed by atoms with E-state index in [0.29, 0.717) is 0 Å². The minimum Gasteiger partial charge on any atom is -0.324 e. The number of nitrogens with zero attached hydrogens (tertiary/aromatic N) is 1. The molecular weight excluding hydrogens is 288 g/mol. The summed E-state index contributed by atoms with van der Waals surface area (Å²) in [5, 5.41) is 1.84. The lowest BCUT2D eigenvalue weighted by Crippen LogP contribution is -2.05. The highest BCUT2D eigenvalue weighted by Gasteiger charge is 2.08. The van der Waals surface area contributed by atoms with E-state index in [2.05, 4.69) is 17.1 Å². The van der Waals surface area contributed by atoms with Gasteiger partial charge in [-0.1, -0.05) is 35.9 Å². The first-order chi connectivity index (χ1) is 9.63. The Kier molecular flexibility index (Phi) is 3.74. The van der Waals surface area contributed by atoms with E-state index in [1.165, 1.54) is 10.3 Å². The summed E-state index contributed by atoms with van der Waals surface area (Å²) < 4.78 is 1.22. The van der Waals surface area contributed by atoms with Gasteiger partial charge >= 0.3 is 0 Å². The zero-order valence-electron chi connectivity index (χ0n) is 11.1. The van der Waals surface area contributed by atoms with Gasteiger partial charge in [0.05, 0.1) is 15.2 Å². The number of rotatable bonds is 3. The minimum atomic E-state index is -0.0426. The number of hydrogen-bond donors (Lipinski definition) is 1. The summed E-state index contributed by atoms with van der Waals surface area (Å²) in [7, 11) is 0. The van der Waals surface area contributed by atoms with Crippen LogP contribution in [0.15, 0.2) is 42.5 Å². The molecule has 2 aromatic carbocycles. The van der Waals surface area contributed by atoms with Crippen molar-refractivity contribution in [2.75, 3.05) is 0 Å². The van der Waals surface area contributed by atoms with Crippen LogP contribution in [0.1, 0.15) is 29.1 Å². The van der Waals surface area contributed by atoms with Crippen molar-refractivity contribution in [3.8, 4) is 0 Å². The molecule has 0 aliphatic rings. The smallest absolute Gasteiger partial charge is 0.0982 e. The van der Waals surface area contributed by atoms with Crippen LogP contribution in [-0.4, -0.2) is 4.98 Å². The van der Waals surface area contributed by atoms with Gasteiger partial charge in [0.2, 0.25) is 0 Å². The van der Waals surface area contributed by atoms with Crippen molar-refractivity contribution in [2.24, 2.45) is 5.73 Å². The summed E-state index contributed by atoms with van der Waals surface area (Å²) in [6.45, 7) is 1.94. The van der Waals surface area contributed by atoms with Gasteiger partial charge in [-0.2, -0.15) is 0 Å². The van der Waals surface area contributed by atoms with Crippen LogP contribution in [0.5, 0.6) is 0 Å². The first-order valence-corrected chi connectivity index (χ1v) is 7.71. The molecule has 3 aromatic rings. The molecule has 3 rings (SSSR count). The summed E-state index contributed by atoms with van der Waals surface area (Å²) >= 11 is 8.00. The molecule has 0 aliphatic carbocycles. The van der Waals surface area contributed by atoms with Crippen LogP contribution >= 0.6 is 22.9 Å². The van der Waals surface area contributed by atoms with Crippen LogP contribution in [0.4, 0.5) is 0 Å². The first-order valence-electron chi connectivity index (χ1n) is 6.52. The molecule has 0 saturated heterocycles. The van der Waals surface area contributed by atoms with Crippen LogP contribution in [0.3, 0.4) is 0 Å². The van der Waals surface area contributed by atoms with Gasteiger partial charge in [0.15, 0.2) is 0 Å². The highest BCUT2D eigenvalue weighted by molar-refractivity contribution is 7.18. The second-order valence-corrected chi connectivity index (χ2v) is 6.42. The molecule has 20 heavy (non-hydrogen) atoms. The SMILES string of the molecule is CC(N)c1ccc(Cc2nc3ccccc3s2)cc1Cl. The molecule has 102 valence electrons. The van der Waals surface area contributed by atoms with Crippen molar-refractivity contribution >= 4 is 33.2 Å². The predicted molar refractivity (Wildman–Crippen MR) is 86.5 cm³/mol. The summed E-state index contributed by atoms with van der Waals surface area (Å²) in [6.07, 6.45) is 0.804. The zero-order valence-corrected chi connectivity index (χ0v) is 12.7. The lowest BCUT2D eigenvalue weighted by atomic mass is 10.1. The molecule has 2 N–H and O–H groups in total. The molecule has 0 saturated carbocycles. The lowest BCUT2D eigenvalue weighted by molar-refractivity contribution is 0.817. The van der Waals surface area contributed by atoms with Crippen LogP contribution in [0.25, 0.3) is 10.2 Å². The second kappa shape index (κ2) is 5.52. The molecule has 0 amide bonds. The van der Waals surface area contributed by atoms with E-state index in [9.17, 15) is 0 Å². The van der Waals surface area contributed by atoms with E-state index in [0.717, 1.165) is 27.5 Å². The molecule has 0 spiro atoms. The van der Waals surface area contributed by atoms with Gasteiger partial charge in [-0.15, -0.1) is 11.3 Å². The topological polar surface area (TPSA) is 38.9 Å². The predicted octanol–water partition coefficient (Wildman–Crippen LogP) is 4.56. The number of nitrogens with two attached hydrogens (primary N) is 1. The molecule has 0 radical (unpaired) electrons. The quantitative estimate of drug-likeness (QED) is 0.770. The average Bonchev–Trinajstić information content (AvgIpc) is 2.80. The van der Waals surface area contributed by atoms with Gasteiger partial charge in [0.25, 0.3) is 0 Å². The summed E-state index contributed by atoms with van der Waals surface area (Å²) in [5.41, 5.74) is 9.09. The van der Waals surface area contributed by atoms with Gasteiger partial charge in [0, 0.05) is 17.5 Å². The fourth-order valence-corrected chi connectivity index (χ4v) is 3.60. The van der Waals surface area contributed by atoms with E-state index >= 15 is 0 Å². The number of para-hydroxylation sites is 1. The average molecular weight is 303 g/mol. The Labute approximate surface area is 127 Å². The van der Waals surface area contributed by atoms with Crippen molar-refractivity contribution in [3.05, 3.63) is 63.6 Å². The van der Waals surface area contributed by atoms with Crippen molar-refractivity contribution in [1.29, 1.82) is 0 Å². The first kappa shape index (κ1) is 13.6. The Bertz CT molecular complexity index is 716. The number of thiazole rings is 1. The maximum atomic E-state index is 6.27. The van der Waals surface area contributed by atoms with Crippen LogP contribution in [-0.2, 0) is 6.42 Å². The monoisotopic (exact) mass is 302 g/mol. The molecule has 0 aliphatic heterocycles. The standard InChI is InChI=1S/C16H15ClN2S/c1-10(18)12-7-6-11(8-13(12)17)9-16-19-14-4-2-3-5-15(14)20-16/h2-8,10H,9,18H2,1H3. The maximum absolute atomic E-state index is 6.27. The third kappa shape index (κ3) is 2.70. The number of hydrogen-bond acceptors (Lipinski definition) is 3. The van der Waals surface area contributed by atoms with Gasteiger partial charge in [-0.3, -0.25) is 0 Å². The highest BCUT2D eigenvalue weighted by atomic mass is 35.5. The maximum Gasteiger partial charge on any atom is 0.0982 e. The Hall–Kier alpha value is -1.42. The molecule has 1 atom stereocenters. The van der Waals surface area contributed by atoms with Crippen LogP contribution < -0.4 is 5.73 Å². The van der Waals surface area contributed by atoms with Gasteiger partial charge < -0.3 is 5.73 Å². The number of halogens is 1. The van der Waals surface area contributed by atoms with E-state index < -0.39 is 0 Å². The van der Waals surface area contributed by atoms with Crippen LogP contribution in [0, 0.1) is 0 Å². The van der Waals surface area contributed by atoms with Gasteiger partial charge in [-0.25, -0.2) is 4.98 Å². The molecule has 2 nitrogen and oxygen atoms in total. The zero-order chi connectivity index (χ0) is 14.1. The third-order valence-corrected chi connectivity index (χ3v) is 4.61. The van der Waals surface area contributed by atoms with Crippen molar-refractivity contribution in [1.82, 2.24) is 4.98 Å². The van der Waals surface area contributed by atoms with Crippen molar-refractivity contribution < 1.29 is 0 Å². The van der Waals surface area contributed by atoms with E-state index in [4.69, 9.17) is 17.3 Å². The number of aromatic nitrogens is 1. The summed E-state index contributed by atoms with van der Waals surface area (Å²) in [4.78, 5) is 4.65. The van der Waals surface area contributed by atoms with Crippen LogP contribution in [0.2, 0.25) is 5.02 Å². The number of benzene rings is 2.